The van der Waals surface area contributed by atoms with Crippen LogP contribution in [0.3, 0.4) is 0 Å². The monoisotopic (exact) mass is 310 g/mol. The Balaban J connectivity index is 3.50. The van der Waals surface area contributed by atoms with Crippen LogP contribution < -0.4 is 0 Å². The van der Waals surface area contributed by atoms with Gasteiger partial charge in [-0.25, -0.2) is 0 Å². The molecule has 0 aromatic heterocycles. The van der Waals surface area contributed by atoms with E-state index in [1.54, 1.807) is 0 Å². The van der Waals surface area contributed by atoms with Crippen molar-refractivity contribution in [3.63, 3.8) is 0 Å². The highest BCUT2D eigenvalue weighted by atomic mass is 16.5. The predicted octanol–water partition coefficient (Wildman–Crippen LogP) is 5.04. The number of allylic oxidation sites excluding steroid dienone is 2. The molecule has 0 rings (SSSR count). The summed E-state index contributed by atoms with van der Waals surface area (Å²) in [5, 5.41) is 0. The number of hydrogen-bond donors (Lipinski definition) is 0. The Morgan fingerprint density at radius 2 is 1.14 bits per heavy atom. The lowest BCUT2D eigenvalue weighted by Crippen LogP contribution is -2.02. The molecule has 22 heavy (non-hydrogen) atoms. The Bertz CT molecular complexity index is 311. The molecule has 0 aliphatic heterocycles. The molecule has 0 heterocycles. The third-order valence-corrected chi connectivity index (χ3v) is 3.05. The van der Waals surface area contributed by atoms with Gasteiger partial charge >= 0.3 is 11.9 Å². The van der Waals surface area contributed by atoms with Crippen LogP contribution in [0, 0.1) is 0 Å². The molecule has 0 unspecified atom stereocenters. The molecule has 0 N–H and O–H groups in total. The number of unbranched alkanes of at least 4 members (excludes halogenated alkanes) is 5. The summed E-state index contributed by atoms with van der Waals surface area (Å²) in [7, 11) is 0. The van der Waals surface area contributed by atoms with Crippen LogP contribution in [0.4, 0.5) is 0 Å². The first-order valence-electron chi connectivity index (χ1n) is 8.39. The van der Waals surface area contributed by atoms with Crippen molar-refractivity contribution in [3.8, 4) is 0 Å². The van der Waals surface area contributed by atoms with Crippen molar-refractivity contribution in [2.45, 2.75) is 78.1 Å². The van der Waals surface area contributed by atoms with Gasteiger partial charge in [0.25, 0.3) is 0 Å². The standard InChI is InChI=1S/C18H30O4/c1-3-5-7-11-15-21-17(19)13-9-10-14-18(20)22-16-12-8-6-4-2/h11-12,15-16H,3-10,13-14H2,1-2H3. The molecule has 0 saturated carbocycles. The smallest absolute Gasteiger partial charge is 0.310 e. The van der Waals surface area contributed by atoms with Crippen molar-refractivity contribution < 1.29 is 19.1 Å². The van der Waals surface area contributed by atoms with E-state index in [2.05, 4.69) is 13.8 Å². The second kappa shape index (κ2) is 15.8. The van der Waals surface area contributed by atoms with Crippen molar-refractivity contribution in [2.75, 3.05) is 0 Å². The first-order chi connectivity index (χ1) is 10.7. The summed E-state index contributed by atoms with van der Waals surface area (Å²) >= 11 is 0. The van der Waals surface area contributed by atoms with Gasteiger partial charge in [-0.3, -0.25) is 9.59 Å². The SMILES string of the molecule is CCCCC=COC(=O)CCCCC(=O)OC=CCCCC. The zero-order valence-electron chi connectivity index (χ0n) is 14.0. The van der Waals surface area contributed by atoms with E-state index in [4.69, 9.17) is 9.47 Å². The van der Waals surface area contributed by atoms with Gasteiger partial charge in [0.2, 0.25) is 0 Å². The molecule has 0 atom stereocenters. The molecule has 0 spiro atoms. The van der Waals surface area contributed by atoms with E-state index in [-0.39, 0.29) is 11.9 Å². The number of esters is 2. The second-order valence-corrected chi connectivity index (χ2v) is 5.21. The van der Waals surface area contributed by atoms with Crippen LogP contribution in [-0.4, -0.2) is 11.9 Å². The molecule has 0 fully saturated rings. The fraction of sp³-hybridized carbons (Fsp3) is 0.667. The fourth-order valence-corrected chi connectivity index (χ4v) is 1.68. The minimum absolute atomic E-state index is 0.249. The Kier molecular flexibility index (Phi) is 14.7. The first-order valence-corrected chi connectivity index (χ1v) is 8.39. The van der Waals surface area contributed by atoms with E-state index in [0.717, 1.165) is 38.5 Å². The second-order valence-electron chi connectivity index (χ2n) is 5.21. The van der Waals surface area contributed by atoms with E-state index in [1.165, 1.54) is 12.5 Å². The average Bonchev–Trinajstić information content (AvgIpc) is 2.51. The van der Waals surface area contributed by atoms with Crippen LogP contribution in [-0.2, 0) is 19.1 Å². The molecule has 0 amide bonds. The quantitative estimate of drug-likeness (QED) is 0.272. The van der Waals surface area contributed by atoms with Crippen LogP contribution in [0.15, 0.2) is 24.7 Å². The predicted molar refractivity (Wildman–Crippen MR) is 88.0 cm³/mol. The van der Waals surface area contributed by atoms with Gasteiger partial charge in [0.15, 0.2) is 0 Å². The van der Waals surface area contributed by atoms with Crippen LogP contribution in [0.2, 0.25) is 0 Å². The molecule has 0 saturated heterocycles. The fourth-order valence-electron chi connectivity index (χ4n) is 1.68. The van der Waals surface area contributed by atoms with Crippen LogP contribution >= 0.6 is 0 Å². The van der Waals surface area contributed by atoms with Crippen LogP contribution in [0.5, 0.6) is 0 Å². The normalized spacial score (nSPS) is 11.2. The minimum Gasteiger partial charge on any atom is -0.435 e. The van der Waals surface area contributed by atoms with Crippen molar-refractivity contribution in [2.24, 2.45) is 0 Å². The van der Waals surface area contributed by atoms with Gasteiger partial charge in [0, 0.05) is 12.8 Å². The zero-order chi connectivity index (χ0) is 16.5. The Morgan fingerprint density at radius 3 is 1.50 bits per heavy atom. The van der Waals surface area contributed by atoms with Gasteiger partial charge in [0.1, 0.15) is 0 Å². The molecular formula is C18H30O4. The number of rotatable bonds is 13. The summed E-state index contributed by atoms with van der Waals surface area (Å²) in [6.45, 7) is 4.23. The highest BCUT2D eigenvalue weighted by Gasteiger charge is 2.04. The maximum Gasteiger partial charge on any atom is 0.310 e. The van der Waals surface area contributed by atoms with Gasteiger partial charge < -0.3 is 9.47 Å². The molecular weight excluding hydrogens is 280 g/mol. The molecule has 4 nitrogen and oxygen atoms in total. The Morgan fingerprint density at radius 1 is 0.727 bits per heavy atom. The largest absolute Gasteiger partial charge is 0.435 e. The maximum atomic E-state index is 11.4. The molecule has 126 valence electrons. The topological polar surface area (TPSA) is 52.6 Å². The molecule has 4 heteroatoms. The van der Waals surface area contributed by atoms with E-state index >= 15 is 0 Å². The Hall–Kier alpha value is -1.58. The molecule has 0 aliphatic rings. The summed E-state index contributed by atoms with van der Waals surface area (Å²) in [5.41, 5.74) is 0. The van der Waals surface area contributed by atoms with Gasteiger partial charge in [-0.1, -0.05) is 26.7 Å². The Labute approximate surface area is 134 Å². The highest BCUT2D eigenvalue weighted by Crippen LogP contribution is 2.04. The first kappa shape index (κ1) is 20.4. The molecule has 0 aromatic carbocycles. The molecule has 0 aliphatic carbocycles. The third kappa shape index (κ3) is 14.8. The maximum absolute atomic E-state index is 11.4. The zero-order valence-corrected chi connectivity index (χ0v) is 14.0. The van der Waals surface area contributed by atoms with Crippen molar-refractivity contribution in [1.82, 2.24) is 0 Å². The molecule has 0 bridgehead atoms. The average molecular weight is 310 g/mol. The highest BCUT2D eigenvalue weighted by molar-refractivity contribution is 5.71. The summed E-state index contributed by atoms with van der Waals surface area (Å²) in [4.78, 5) is 22.8. The van der Waals surface area contributed by atoms with Gasteiger partial charge in [-0.2, -0.15) is 0 Å². The van der Waals surface area contributed by atoms with Crippen LogP contribution in [0.25, 0.3) is 0 Å². The summed E-state index contributed by atoms with van der Waals surface area (Å²) < 4.78 is 9.90. The number of carbonyl (C=O) groups is 2. The van der Waals surface area contributed by atoms with Crippen LogP contribution in [0.1, 0.15) is 78.1 Å². The summed E-state index contributed by atoms with van der Waals surface area (Å²) in [6, 6.07) is 0. The third-order valence-electron chi connectivity index (χ3n) is 3.05. The van der Waals surface area contributed by atoms with Crippen molar-refractivity contribution in [1.29, 1.82) is 0 Å². The van der Waals surface area contributed by atoms with Crippen molar-refractivity contribution >= 4 is 11.9 Å². The van der Waals surface area contributed by atoms with E-state index in [1.807, 2.05) is 12.2 Å². The van der Waals surface area contributed by atoms with Crippen molar-refractivity contribution in [3.05, 3.63) is 24.7 Å². The summed E-state index contributed by atoms with van der Waals surface area (Å²) in [5.74, 6) is -0.499. The van der Waals surface area contributed by atoms with Gasteiger partial charge in [0.05, 0.1) is 12.5 Å². The lowest BCUT2D eigenvalue weighted by molar-refractivity contribution is -0.140. The number of carbonyl (C=O) groups excluding carboxylic acids is 2. The van der Waals surface area contributed by atoms with Gasteiger partial charge in [-0.15, -0.1) is 0 Å². The van der Waals surface area contributed by atoms with Gasteiger partial charge in [-0.05, 0) is 50.7 Å². The number of ether oxygens (including phenoxy) is 2. The lowest BCUT2D eigenvalue weighted by atomic mass is 10.2. The molecule has 0 radical (unpaired) electrons. The lowest BCUT2D eigenvalue weighted by Gasteiger charge is -2.00. The summed E-state index contributed by atoms with van der Waals surface area (Å²) in [6.07, 6.45) is 14.9. The van der Waals surface area contributed by atoms with E-state index < -0.39 is 0 Å². The minimum atomic E-state index is -0.249. The molecule has 0 aromatic rings. The van der Waals surface area contributed by atoms with E-state index in [0.29, 0.717) is 25.7 Å². The number of hydrogen-bond acceptors (Lipinski definition) is 4. The van der Waals surface area contributed by atoms with E-state index in [9.17, 15) is 9.59 Å².